The summed E-state index contributed by atoms with van der Waals surface area (Å²) in [6.07, 6.45) is 2.50. The van der Waals surface area contributed by atoms with E-state index < -0.39 is 42.0 Å². The van der Waals surface area contributed by atoms with Crippen molar-refractivity contribution in [1.82, 2.24) is 15.5 Å². The van der Waals surface area contributed by atoms with Crippen molar-refractivity contribution in [2.75, 3.05) is 13.1 Å². The quantitative estimate of drug-likeness (QED) is 0.216. The number of unbranched alkanes of at least 4 members (excludes halogenated alkanes) is 1. The molecule has 1 saturated heterocycles. The molecule has 1 aliphatic rings. The highest BCUT2D eigenvalue weighted by Gasteiger charge is 2.37. The van der Waals surface area contributed by atoms with Crippen LogP contribution in [0.25, 0.3) is 0 Å². The maximum atomic E-state index is 13.1. The predicted octanol–water partition coefficient (Wildman–Crippen LogP) is -0.544. The summed E-state index contributed by atoms with van der Waals surface area (Å²) in [6, 6.07) is 2.42. The Balaban J connectivity index is 2.18. The van der Waals surface area contributed by atoms with Crippen LogP contribution in [0.4, 0.5) is 0 Å². The van der Waals surface area contributed by atoms with Gasteiger partial charge in [0.1, 0.15) is 23.9 Å². The number of nitrogens with two attached hydrogens (primary N) is 2. The average Bonchev–Trinajstić information content (AvgIpc) is 3.28. The van der Waals surface area contributed by atoms with E-state index in [-0.39, 0.29) is 24.5 Å². The number of carbonyl (C=O) groups is 4. The van der Waals surface area contributed by atoms with E-state index in [9.17, 15) is 29.4 Å². The van der Waals surface area contributed by atoms with Crippen LogP contribution >= 0.6 is 0 Å². The molecule has 1 aromatic carbocycles. The molecule has 0 aliphatic carbocycles. The summed E-state index contributed by atoms with van der Waals surface area (Å²) in [5.41, 5.74) is 11.8. The number of hydrogen-bond donors (Lipinski definition) is 6. The zero-order valence-electron chi connectivity index (χ0n) is 19.4. The Labute approximate surface area is 198 Å². The van der Waals surface area contributed by atoms with Gasteiger partial charge in [0, 0.05) is 13.0 Å². The summed E-state index contributed by atoms with van der Waals surface area (Å²) in [4.78, 5) is 51.6. The van der Waals surface area contributed by atoms with Gasteiger partial charge >= 0.3 is 5.97 Å². The molecular weight excluding hydrogens is 442 g/mol. The van der Waals surface area contributed by atoms with Gasteiger partial charge in [-0.25, -0.2) is 4.79 Å². The average molecular weight is 478 g/mol. The van der Waals surface area contributed by atoms with E-state index in [4.69, 9.17) is 11.5 Å². The Kier molecular flexibility index (Phi) is 10.3. The van der Waals surface area contributed by atoms with Crippen molar-refractivity contribution in [2.45, 2.75) is 69.6 Å². The summed E-state index contributed by atoms with van der Waals surface area (Å²) in [5, 5.41) is 24.2. The first-order valence-corrected chi connectivity index (χ1v) is 11.5. The number of aliphatic carboxylic acids is 1. The van der Waals surface area contributed by atoms with Gasteiger partial charge in [-0.2, -0.15) is 0 Å². The van der Waals surface area contributed by atoms with Crippen LogP contribution in [-0.4, -0.2) is 76.1 Å². The van der Waals surface area contributed by atoms with Gasteiger partial charge in [0.2, 0.25) is 17.7 Å². The number of phenols is 1. The third-order valence-corrected chi connectivity index (χ3v) is 5.80. The van der Waals surface area contributed by atoms with Crippen molar-refractivity contribution in [3.63, 3.8) is 0 Å². The van der Waals surface area contributed by atoms with Crippen molar-refractivity contribution in [3.05, 3.63) is 29.8 Å². The number of rotatable bonds is 12. The minimum atomic E-state index is -1.18. The number of nitrogens with one attached hydrogen (secondary N) is 2. The number of nitrogens with zero attached hydrogens (tertiary/aromatic N) is 1. The summed E-state index contributed by atoms with van der Waals surface area (Å²) in [6.45, 7) is 2.36. The Morgan fingerprint density at radius 2 is 1.79 bits per heavy atom. The summed E-state index contributed by atoms with van der Waals surface area (Å²) in [5.74, 6) is -2.62. The van der Waals surface area contributed by atoms with Gasteiger partial charge in [-0.05, 0) is 63.3 Å². The van der Waals surface area contributed by atoms with Crippen LogP contribution in [0.2, 0.25) is 0 Å². The topological polar surface area (TPSA) is 188 Å². The molecule has 34 heavy (non-hydrogen) atoms. The lowest BCUT2D eigenvalue weighted by atomic mass is 10.0. The van der Waals surface area contributed by atoms with Crippen molar-refractivity contribution >= 4 is 23.7 Å². The van der Waals surface area contributed by atoms with Crippen LogP contribution in [0.3, 0.4) is 0 Å². The number of carboxylic acids is 1. The molecule has 0 saturated carbocycles. The van der Waals surface area contributed by atoms with Crippen molar-refractivity contribution in [2.24, 2.45) is 11.5 Å². The maximum Gasteiger partial charge on any atom is 0.326 e. The molecule has 0 radical (unpaired) electrons. The van der Waals surface area contributed by atoms with Gasteiger partial charge in [0.05, 0.1) is 6.04 Å². The van der Waals surface area contributed by atoms with Gasteiger partial charge in [-0.3, -0.25) is 14.4 Å². The molecule has 4 atom stereocenters. The zero-order chi connectivity index (χ0) is 25.3. The molecular formula is C23H35N5O6. The lowest BCUT2D eigenvalue weighted by molar-refractivity contribution is -0.143. The first kappa shape index (κ1) is 27.1. The maximum absolute atomic E-state index is 13.1. The Hall–Kier alpha value is -3.18. The Morgan fingerprint density at radius 1 is 1.12 bits per heavy atom. The minimum absolute atomic E-state index is 0.0515. The predicted molar refractivity (Wildman–Crippen MR) is 125 cm³/mol. The van der Waals surface area contributed by atoms with E-state index in [1.165, 1.54) is 17.0 Å². The molecule has 1 aromatic rings. The van der Waals surface area contributed by atoms with Crippen LogP contribution in [0.1, 0.15) is 44.6 Å². The van der Waals surface area contributed by atoms with Gasteiger partial charge in [-0.15, -0.1) is 0 Å². The first-order valence-electron chi connectivity index (χ1n) is 11.5. The van der Waals surface area contributed by atoms with E-state index in [1.54, 1.807) is 19.1 Å². The van der Waals surface area contributed by atoms with E-state index in [1.807, 2.05) is 0 Å². The Bertz CT molecular complexity index is 860. The van der Waals surface area contributed by atoms with E-state index in [2.05, 4.69) is 10.6 Å². The molecule has 11 nitrogen and oxygen atoms in total. The third-order valence-electron chi connectivity index (χ3n) is 5.80. The third kappa shape index (κ3) is 7.70. The SMILES string of the molecule is CC(N)C(=O)N1CCCC1C(=O)NC(Cc1ccc(O)cc1)C(=O)NC(CCCCN)C(=O)O. The molecule has 0 bridgehead atoms. The second kappa shape index (κ2) is 12.9. The molecule has 4 unspecified atom stereocenters. The summed E-state index contributed by atoms with van der Waals surface area (Å²) in [7, 11) is 0. The fraction of sp³-hybridized carbons (Fsp3) is 0.565. The molecule has 0 aromatic heterocycles. The van der Waals surface area contributed by atoms with E-state index in [0.717, 1.165) is 0 Å². The fourth-order valence-corrected chi connectivity index (χ4v) is 3.93. The normalized spacial score (nSPS) is 18.1. The second-order valence-corrected chi connectivity index (χ2v) is 8.59. The molecule has 11 heteroatoms. The lowest BCUT2D eigenvalue weighted by Crippen LogP contribution is -2.57. The molecule has 8 N–H and O–H groups in total. The van der Waals surface area contributed by atoms with Gasteiger partial charge < -0.3 is 37.2 Å². The van der Waals surface area contributed by atoms with Crippen LogP contribution in [-0.2, 0) is 25.6 Å². The molecule has 188 valence electrons. The van der Waals surface area contributed by atoms with Crippen molar-refractivity contribution in [3.8, 4) is 5.75 Å². The highest BCUT2D eigenvalue weighted by atomic mass is 16.4. The minimum Gasteiger partial charge on any atom is -0.508 e. The van der Waals surface area contributed by atoms with Crippen molar-refractivity contribution in [1.29, 1.82) is 0 Å². The number of amides is 3. The number of likely N-dealkylation sites (tertiary alicyclic amines) is 1. The second-order valence-electron chi connectivity index (χ2n) is 8.59. The summed E-state index contributed by atoms with van der Waals surface area (Å²) >= 11 is 0. The van der Waals surface area contributed by atoms with Crippen LogP contribution < -0.4 is 22.1 Å². The smallest absolute Gasteiger partial charge is 0.326 e. The van der Waals surface area contributed by atoms with Gasteiger partial charge in [-0.1, -0.05) is 12.1 Å². The molecule has 1 heterocycles. The number of phenolic OH excluding ortho intramolecular Hbond substituents is 1. The van der Waals surface area contributed by atoms with Gasteiger partial charge in [0.25, 0.3) is 0 Å². The van der Waals surface area contributed by atoms with Crippen LogP contribution in [0, 0.1) is 0 Å². The van der Waals surface area contributed by atoms with Crippen LogP contribution in [0.5, 0.6) is 5.75 Å². The Morgan fingerprint density at radius 3 is 2.38 bits per heavy atom. The molecule has 3 amide bonds. The fourth-order valence-electron chi connectivity index (χ4n) is 3.93. The number of benzene rings is 1. The first-order chi connectivity index (χ1) is 16.1. The highest BCUT2D eigenvalue weighted by Crippen LogP contribution is 2.19. The van der Waals surface area contributed by atoms with E-state index in [0.29, 0.717) is 44.3 Å². The number of aromatic hydroxyl groups is 1. The number of hydrogen-bond acceptors (Lipinski definition) is 7. The molecule has 1 aliphatic heterocycles. The van der Waals surface area contributed by atoms with Crippen molar-refractivity contribution < 1.29 is 29.4 Å². The monoisotopic (exact) mass is 477 g/mol. The van der Waals surface area contributed by atoms with Crippen LogP contribution in [0.15, 0.2) is 24.3 Å². The van der Waals surface area contributed by atoms with Gasteiger partial charge in [0.15, 0.2) is 0 Å². The highest BCUT2D eigenvalue weighted by molar-refractivity contribution is 5.94. The number of carbonyl (C=O) groups excluding carboxylic acids is 3. The molecule has 0 spiro atoms. The standard InChI is InChI=1S/C23H35N5O6/c1-14(25)22(32)28-12-4-6-19(28)21(31)27-18(13-15-7-9-16(29)10-8-15)20(30)26-17(23(33)34)5-2-3-11-24/h7-10,14,17-19,29H,2-6,11-13,24-25H2,1H3,(H,26,30)(H,27,31)(H,33,34). The van der Waals surface area contributed by atoms with E-state index >= 15 is 0 Å². The zero-order valence-corrected chi connectivity index (χ0v) is 19.4. The molecule has 2 rings (SSSR count). The lowest BCUT2D eigenvalue weighted by Gasteiger charge is -2.28. The largest absolute Gasteiger partial charge is 0.508 e. The summed E-state index contributed by atoms with van der Waals surface area (Å²) < 4.78 is 0. The number of carboxylic acid groups (broad SMARTS) is 1. The molecule has 1 fully saturated rings.